The molecule has 2 fully saturated rings. The van der Waals surface area contributed by atoms with Crippen molar-refractivity contribution in [3.05, 3.63) is 0 Å². The van der Waals surface area contributed by atoms with E-state index in [2.05, 4.69) is 31.0 Å². The third kappa shape index (κ3) is 3.71. The molecule has 0 bridgehead atoms. The highest BCUT2D eigenvalue weighted by atomic mass is 15.2. The van der Waals surface area contributed by atoms with Crippen molar-refractivity contribution >= 4 is 0 Å². The van der Waals surface area contributed by atoms with Crippen molar-refractivity contribution < 1.29 is 0 Å². The lowest BCUT2D eigenvalue weighted by Gasteiger charge is -2.44. The van der Waals surface area contributed by atoms with E-state index in [1.54, 1.807) is 0 Å². The average molecular weight is 252 g/mol. The molecule has 106 valence electrons. The van der Waals surface area contributed by atoms with Gasteiger partial charge in [0.2, 0.25) is 0 Å². The Balaban J connectivity index is 2.02. The van der Waals surface area contributed by atoms with E-state index in [9.17, 15) is 0 Å². The Morgan fingerprint density at radius 1 is 1.11 bits per heavy atom. The summed E-state index contributed by atoms with van der Waals surface area (Å²) in [6, 6.07) is 1.54. The largest absolute Gasteiger partial charge is 0.313 e. The van der Waals surface area contributed by atoms with Gasteiger partial charge in [0.15, 0.2) is 0 Å². The highest BCUT2D eigenvalue weighted by molar-refractivity contribution is 4.91. The van der Waals surface area contributed by atoms with E-state index < -0.39 is 0 Å². The lowest BCUT2D eigenvalue weighted by Crippen LogP contribution is -2.54. The number of rotatable bonds is 3. The topological polar surface area (TPSA) is 15.3 Å². The van der Waals surface area contributed by atoms with E-state index in [4.69, 9.17) is 0 Å². The molecule has 2 heteroatoms. The second kappa shape index (κ2) is 6.38. The Kier molecular flexibility index (Phi) is 5.08. The third-order valence-electron chi connectivity index (χ3n) is 4.84. The number of nitrogens with zero attached hydrogens (tertiary/aromatic N) is 1. The summed E-state index contributed by atoms with van der Waals surface area (Å²) in [4.78, 5) is 2.81. The molecule has 0 radical (unpaired) electrons. The Morgan fingerprint density at radius 3 is 2.61 bits per heavy atom. The summed E-state index contributed by atoms with van der Waals surface area (Å²) in [6.45, 7) is 10.9. The first kappa shape index (κ1) is 14.3. The van der Waals surface area contributed by atoms with Crippen molar-refractivity contribution in [3.63, 3.8) is 0 Å². The lowest BCUT2D eigenvalue weighted by atomic mass is 9.82. The average Bonchev–Trinajstić information content (AvgIpc) is 2.54. The van der Waals surface area contributed by atoms with Gasteiger partial charge in [0, 0.05) is 18.6 Å². The molecule has 2 unspecified atom stereocenters. The van der Waals surface area contributed by atoms with Gasteiger partial charge in [0.25, 0.3) is 0 Å². The molecule has 0 aromatic rings. The molecule has 1 aliphatic carbocycles. The van der Waals surface area contributed by atoms with Crippen molar-refractivity contribution in [2.45, 2.75) is 77.8 Å². The lowest BCUT2D eigenvalue weighted by molar-refractivity contribution is 0.0577. The minimum absolute atomic E-state index is 0.529. The van der Waals surface area contributed by atoms with Gasteiger partial charge in [0.05, 0.1) is 0 Å². The van der Waals surface area contributed by atoms with Crippen LogP contribution in [0, 0.1) is 5.41 Å². The molecular weight excluding hydrogens is 220 g/mol. The zero-order valence-electron chi connectivity index (χ0n) is 12.7. The number of likely N-dealkylation sites (tertiary alicyclic amines) is 1. The second-order valence-electron chi connectivity index (χ2n) is 7.11. The third-order valence-corrected chi connectivity index (χ3v) is 4.84. The van der Waals surface area contributed by atoms with Gasteiger partial charge < -0.3 is 5.32 Å². The number of hydrogen-bond donors (Lipinski definition) is 1. The van der Waals surface area contributed by atoms with E-state index in [0.717, 1.165) is 18.6 Å². The van der Waals surface area contributed by atoms with E-state index in [1.165, 1.54) is 58.0 Å². The summed E-state index contributed by atoms with van der Waals surface area (Å²) in [5, 5.41) is 3.76. The first-order valence-corrected chi connectivity index (χ1v) is 8.10. The molecule has 1 N–H and O–H groups in total. The maximum Gasteiger partial charge on any atom is 0.0249 e. The first-order chi connectivity index (χ1) is 8.62. The molecule has 0 aromatic heterocycles. The van der Waals surface area contributed by atoms with Crippen LogP contribution in [0.2, 0.25) is 0 Å². The number of likely N-dealkylation sites (N-methyl/N-ethyl adjacent to an activating group) is 1. The van der Waals surface area contributed by atoms with Crippen molar-refractivity contribution in [1.82, 2.24) is 10.2 Å². The Morgan fingerprint density at radius 2 is 1.89 bits per heavy atom. The van der Waals surface area contributed by atoms with Crippen LogP contribution >= 0.6 is 0 Å². The molecule has 0 spiro atoms. The van der Waals surface area contributed by atoms with Gasteiger partial charge in [0.1, 0.15) is 0 Å². The predicted molar refractivity (Wildman–Crippen MR) is 78.9 cm³/mol. The zero-order valence-corrected chi connectivity index (χ0v) is 12.7. The molecule has 0 aromatic carbocycles. The molecule has 1 saturated carbocycles. The number of nitrogens with one attached hydrogen (secondary N) is 1. The van der Waals surface area contributed by atoms with Crippen LogP contribution in [0.25, 0.3) is 0 Å². The number of piperidine rings is 1. The first-order valence-electron chi connectivity index (χ1n) is 8.10. The fraction of sp³-hybridized carbons (Fsp3) is 1.00. The van der Waals surface area contributed by atoms with Crippen LogP contribution in [0.3, 0.4) is 0 Å². The highest BCUT2D eigenvalue weighted by Crippen LogP contribution is 2.32. The zero-order chi connectivity index (χ0) is 13.0. The Bertz CT molecular complexity index is 249. The minimum atomic E-state index is 0.529. The number of hydrogen-bond acceptors (Lipinski definition) is 2. The molecule has 2 rings (SSSR count). The van der Waals surface area contributed by atoms with Crippen LogP contribution in [0.5, 0.6) is 0 Å². The molecule has 2 nitrogen and oxygen atoms in total. The van der Waals surface area contributed by atoms with E-state index in [1.807, 2.05) is 0 Å². The summed E-state index contributed by atoms with van der Waals surface area (Å²) >= 11 is 0. The molecule has 1 aliphatic heterocycles. The van der Waals surface area contributed by atoms with Gasteiger partial charge in [-0.05, 0) is 44.2 Å². The highest BCUT2D eigenvalue weighted by Gasteiger charge is 2.34. The molecule has 2 aliphatic rings. The van der Waals surface area contributed by atoms with Gasteiger partial charge in [-0.3, -0.25) is 4.90 Å². The normalized spacial score (nSPS) is 34.2. The molecule has 18 heavy (non-hydrogen) atoms. The summed E-state index contributed by atoms with van der Waals surface area (Å²) in [5.41, 5.74) is 0.529. The van der Waals surface area contributed by atoms with Crippen LogP contribution in [-0.4, -0.2) is 36.6 Å². The molecule has 2 atom stereocenters. The molecular formula is C16H32N2. The fourth-order valence-corrected chi connectivity index (χ4v) is 3.98. The van der Waals surface area contributed by atoms with Crippen LogP contribution in [0.1, 0.15) is 65.7 Å². The predicted octanol–water partition coefficient (Wildman–Crippen LogP) is 3.42. The summed E-state index contributed by atoms with van der Waals surface area (Å²) in [7, 11) is 0. The molecule has 1 saturated heterocycles. The van der Waals surface area contributed by atoms with Gasteiger partial charge in [-0.25, -0.2) is 0 Å². The molecule has 0 amide bonds. The van der Waals surface area contributed by atoms with Gasteiger partial charge >= 0.3 is 0 Å². The van der Waals surface area contributed by atoms with Crippen LogP contribution in [0.4, 0.5) is 0 Å². The van der Waals surface area contributed by atoms with Gasteiger partial charge in [-0.2, -0.15) is 0 Å². The Hall–Kier alpha value is -0.0800. The molecule has 1 heterocycles. The second-order valence-corrected chi connectivity index (χ2v) is 7.11. The van der Waals surface area contributed by atoms with E-state index in [0.29, 0.717) is 5.41 Å². The summed E-state index contributed by atoms with van der Waals surface area (Å²) < 4.78 is 0. The van der Waals surface area contributed by atoms with Crippen molar-refractivity contribution in [1.29, 1.82) is 0 Å². The van der Waals surface area contributed by atoms with Crippen molar-refractivity contribution in [3.8, 4) is 0 Å². The van der Waals surface area contributed by atoms with Crippen LogP contribution in [0.15, 0.2) is 0 Å². The van der Waals surface area contributed by atoms with Crippen molar-refractivity contribution in [2.75, 3.05) is 19.6 Å². The maximum absolute atomic E-state index is 3.76. The van der Waals surface area contributed by atoms with Crippen molar-refractivity contribution in [2.24, 2.45) is 5.41 Å². The summed E-state index contributed by atoms with van der Waals surface area (Å²) in [6.07, 6.45) is 9.89. The quantitative estimate of drug-likeness (QED) is 0.774. The van der Waals surface area contributed by atoms with Gasteiger partial charge in [-0.15, -0.1) is 0 Å². The van der Waals surface area contributed by atoms with Crippen LogP contribution in [-0.2, 0) is 0 Å². The SMILES string of the molecule is CCNC1CCCCCC1N1CCCC(C)(C)C1. The van der Waals surface area contributed by atoms with E-state index in [-0.39, 0.29) is 0 Å². The smallest absolute Gasteiger partial charge is 0.0249 e. The fourth-order valence-electron chi connectivity index (χ4n) is 3.98. The monoisotopic (exact) mass is 252 g/mol. The summed E-state index contributed by atoms with van der Waals surface area (Å²) in [5.74, 6) is 0. The standard InChI is InChI=1S/C16H32N2/c1-4-17-14-9-6-5-7-10-15(14)18-12-8-11-16(2,3)13-18/h14-15,17H,4-13H2,1-3H3. The minimum Gasteiger partial charge on any atom is -0.313 e. The van der Waals surface area contributed by atoms with Crippen LogP contribution < -0.4 is 5.32 Å². The van der Waals surface area contributed by atoms with E-state index >= 15 is 0 Å². The Labute approximate surface area is 114 Å². The van der Waals surface area contributed by atoms with Gasteiger partial charge in [-0.1, -0.05) is 40.0 Å². The maximum atomic E-state index is 3.76.